The Morgan fingerprint density at radius 1 is 1.00 bits per heavy atom. The Kier molecular flexibility index (Phi) is 8.72. The smallest absolute Gasteiger partial charge is 0.261 e. The first-order valence-electron chi connectivity index (χ1n) is 10.4. The van der Waals surface area contributed by atoms with Gasteiger partial charge < -0.3 is 4.43 Å². The van der Waals surface area contributed by atoms with Crippen LogP contribution in [0.4, 0.5) is 0 Å². The minimum Gasteiger partial charge on any atom is -0.407 e. The topological polar surface area (TPSA) is 9.23 Å². The minimum atomic E-state index is -2.40. The fourth-order valence-electron chi connectivity index (χ4n) is 3.90. The third-order valence-corrected chi connectivity index (χ3v) is 11.2. The van der Waals surface area contributed by atoms with Gasteiger partial charge in [-0.15, -0.1) is 0 Å². The van der Waals surface area contributed by atoms with Crippen LogP contribution in [0.1, 0.15) is 47.5 Å². The summed E-state index contributed by atoms with van der Waals surface area (Å²) in [5, 5.41) is 3.71. The summed E-state index contributed by atoms with van der Waals surface area (Å²) in [5.74, 6) is 0.519. The van der Waals surface area contributed by atoms with Gasteiger partial charge in [0.1, 0.15) is 0 Å². The molecule has 0 N–H and O–H groups in total. The van der Waals surface area contributed by atoms with E-state index in [9.17, 15) is 0 Å². The first-order chi connectivity index (χ1) is 13.3. The summed E-state index contributed by atoms with van der Waals surface area (Å²) in [6.45, 7) is 12.3. The van der Waals surface area contributed by atoms with E-state index in [1.165, 1.54) is 15.9 Å². The van der Waals surface area contributed by atoms with Gasteiger partial charge in [-0.3, -0.25) is 0 Å². The van der Waals surface area contributed by atoms with Crippen LogP contribution in [0.15, 0.2) is 72.3 Å². The van der Waals surface area contributed by atoms with Gasteiger partial charge in [-0.2, -0.15) is 0 Å². The summed E-state index contributed by atoms with van der Waals surface area (Å²) in [4.78, 5) is 0. The average Bonchev–Trinajstić information content (AvgIpc) is 2.70. The number of hydrogen-bond acceptors (Lipinski definition) is 1. The van der Waals surface area contributed by atoms with Crippen molar-refractivity contribution in [3.8, 4) is 0 Å². The second-order valence-corrected chi connectivity index (χ2v) is 13.5. The van der Waals surface area contributed by atoms with Crippen molar-refractivity contribution >= 4 is 34.6 Å². The predicted molar refractivity (Wildman–Crippen MR) is 130 cm³/mol. The quantitative estimate of drug-likeness (QED) is 0.242. The lowest BCUT2D eigenvalue weighted by atomic mass is 10.0. The van der Waals surface area contributed by atoms with E-state index in [2.05, 4.69) is 117 Å². The second kappa shape index (κ2) is 10.6. The summed E-state index contributed by atoms with van der Waals surface area (Å²) in [7, 11) is -2.40. The maximum atomic E-state index is 6.98. The Labute approximate surface area is 181 Å². The number of halogens is 1. The summed E-state index contributed by atoms with van der Waals surface area (Å²) >= 11 is 3.60. The van der Waals surface area contributed by atoms with E-state index in [4.69, 9.17) is 4.43 Å². The maximum Gasteiger partial charge on any atom is 0.261 e. The highest BCUT2D eigenvalue weighted by Gasteiger charge is 2.49. The molecule has 1 atom stereocenters. The van der Waals surface area contributed by atoms with Crippen LogP contribution in [0.2, 0.25) is 5.04 Å². The molecule has 0 aromatic heterocycles. The molecule has 28 heavy (non-hydrogen) atoms. The zero-order valence-electron chi connectivity index (χ0n) is 18.0. The van der Waals surface area contributed by atoms with Gasteiger partial charge in [0.05, 0.1) is 0 Å². The fourth-order valence-corrected chi connectivity index (χ4v) is 9.06. The van der Waals surface area contributed by atoms with Crippen LogP contribution < -0.4 is 10.4 Å². The van der Waals surface area contributed by atoms with Gasteiger partial charge in [0, 0.05) is 11.9 Å². The number of hydrogen-bond donors (Lipinski definition) is 0. The third-order valence-electron chi connectivity index (χ3n) is 5.45. The summed E-state index contributed by atoms with van der Waals surface area (Å²) in [6.07, 6.45) is 4.55. The number of allylic oxidation sites excluding steroid dienone is 2. The fraction of sp³-hybridized carbons (Fsp3) is 0.440. The van der Waals surface area contributed by atoms with E-state index in [-0.39, 0.29) is 5.04 Å². The largest absolute Gasteiger partial charge is 0.407 e. The van der Waals surface area contributed by atoms with Crippen LogP contribution in [-0.4, -0.2) is 20.3 Å². The van der Waals surface area contributed by atoms with Gasteiger partial charge in [0.2, 0.25) is 0 Å². The molecular formula is C25H35BrOSi. The molecule has 152 valence electrons. The highest BCUT2D eigenvalue weighted by Crippen LogP contribution is 2.37. The first kappa shape index (κ1) is 23.1. The second-order valence-electron chi connectivity index (χ2n) is 8.59. The summed E-state index contributed by atoms with van der Waals surface area (Å²) in [5.41, 5.74) is 1.47. The highest BCUT2D eigenvalue weighted by molar-refractivity contribution is 9.09. The van der Waals surface area contributed by atoms with Crippen molar-refractivity contribution in [3.63, 3.8) is 0 Å². The Bertz CT molecular complexity index is 689. The van der Waals surface area contributed by atoms with Crippen LogP contribution in [0.3, 0.4) is 0 Å². The van der Waals surface area contributed by atoms with Gasteiger partial charge in [-0.25, -0.2) is 0 Å². The van der Waals surface area contributed by atoms with Crippen LogP contribution in [0, 0.1) is 5.92 Å². The van der Waals surface area contributed by atoms with Crippen LogP contribution in [-0.2, 0) is 4.43 Å². The Morgan fingerprint density at radius 3 is 1.89 bits per heavy atom. The van der Waals surface area contributed by atoms with Crippen LogP contribution in [0.5, 0.6) is 0 Å². The monoisotopic (exact) mass is 458 g/mol. The van der Waals surface area contributed by atoms with E-state index in [1.54, 1.807) is 0 Å². The molecule has 0 saturated heterocycles. The van der Waals surface area contributed by atoms with E-state index in [1.807, 2.05) is 0 Å². The molecule has 0 fully saturated rings. The summed E-state index contributed by atoms with van der Waals surface area (Å²) < 4.78 is 6.98. The lowest BCUT2D eigenvalue weighted by Gasteiger charge is -2.43. The average molecular weight is 460 g/mol. The molecule has 0 aliphatic heterocycles. The van der Waals surface area contributed by atoms with Crippen molar-refractivity contribution in [2.45, 2.75) is 52.5 Å². The van der Waals surface area contributed by atoms with Crippen molar-refractivity contribution in [2.75, 3.05) is 11.9 Å². The normalized spacial score (nSPS) is 14.1. The van der Waals surface area contributed by atoms with Crippen LogP contribution >= 0.6 is 15.9 Å². The van der Waals surface area contributed by atoms with E-state index < -0.39 is 8.32 Å². The molecular weight excluding hydrogens is 424 g/mol. The van der Waals surface area contributed by atoms with Gasteiger partial charge in [-0.1, -0.05) is 123 Å². The molecule has 2 aromatic carbocycles. The molecule has 0 unspecified atom stereocenters. The molecule has 2 rings (SSSR count). The molecule has 0 radical (unpaired) electrons. The third kappa shape index (κ3) is 5.46. The SMILES string of the molecule is CC/C(=C/[C@H](C)CCO[Si](c1ccccc1)(c1ccccc1)C(C)(C)C)CBr. The number of rotatable bonds is 9. The number of benzene rings is 2. The van der Waals surface area contributed by atoms with Crippen molar-refractivity contribution in [2.24, 2.45) is 5.92 Å². The lowest BCUT2D eigenvalue weighted by Crippen LogP contribution is -2.66. The molecule has 0 bridgehead atoms. The van der Waals surface area contributed by atoms with Gasteiger partial charge in [-0.05, 0) is 34.2 Å². The van der Waals surface area contributed by atoms with E-state index in [0.717, 1.165) is 24.8 Å². The summed E-state index contributed by atoms with van der Waals surface area (Å²) in [6, 6.07) is 21.8. The Balaban J connectivity index is 2.36. The lowest BCUT2D eigenvalue weighted by molar-refractivity contribution is 0.278. The van der Waals surface area contributed by atoms with E-state index in [0.29, 0.717) is 5.92 Å². The van der Waals surface area contributed by atoms with Gasteiger partial charge in [0.25, 0.3) is 8.32 Å². The molecule has 0 heterocycles. The van der Waals surface area contributed by atoms with Crippen molar-refractivity contribution < 1.29 is 4.43 Å². The molecule has 0 aliphatic rings. The highest BCUT2D eigenvalue weighted by atomic mass is 79.9. The standard InChI is InChI=1S/C25H35BrOSi/c1-6-22(20-26)19-21(2)17-18-27-28(25(3,4)5,23-13-9-7-10-14-23)24-15-11-8-12-16-24/h7-16,19,21H,6,17-18,20H2,1-5H3/b22-19-/t21-/m1/s1. The maximum absolute atomic E-state index is 6.98. The van der Waals surface area contributed by atoms with Crippen molar-refractivity contribution in [1.29, 1.82) is 0 Å². The Hall–Kier alpha value is -1.16. The molecule has 0 saturated carbocycles. The molecule has 0 aliphatic carbocycles. The first-order valence-corrected chi connectivity index (χ1v) is 13.4. The zero-order chi connectivity index (χ0) is 20.6. The van der Waals surface area contributed by atoms with Gasteiger partial charge in [0.15, 0.2) is 0 Å². The molecule has 3 heteroatoms. The van der Waals surface area contributed by atoms with Crippen molar-refractivity contribution in [3.05, 3.63) is 72.3 Å². The minimum absolute atomic E-state index is 0.0409. The van der Waals surface area contributed by atoms with Crippen LogP contribution in [0.25, 0.3) is 0 Å². The molecule has 1 nitrogen and oxygen atoms in total. The van der Waals surface area contributed by atoms with Crippen molar-refractivity contribution in [1.82, 2.24) is 0 Å². The van der Waals surface area contributed by atoms with E-state index >= 15 is 0 Å². The molecule has 2 aromatic rings. The predicted octanol–water partition coefficient (Wildman–Crippen LogP) is 6.32. The molecule has 0 spiro atoms. The zero-order valence-corrected chi connectivity index (χ0v) is 20.6. The Morgan fingerprint density at radius 2 is 1.50 bits per heavy atom. The molecule has 0 amide bonds. The van der Waals surface area contributed by atoms with Gasteiger partial charge >= 0.3 is 0 Å². The number of alkyl halides is 1.